The van der Waals surface area contributed by atoms with Crippen molar-refractivity contribution >= 4 is 23.9 Å². The van der Waals surface area contributed by atoms with Crippen LogP contribution >= 0.6 is 0 Å². The molecule has 1 fully saturated rings. The zero-order valence-electron chi connectivity index (χ0n) is 19.0. The molecule has 1 unspecified atom stereocenters. The number of carbonyl (C=O) groups is 1. The molecule has 2 aliphatic heterocycles. The molecular formula is C21H21F6N9O. The van der Waals surface area contributed by atoms with E-state index in [1.165, 1.54) is 16.0 Å². The molecule has 1 saturated heterocycles. The summed E-state index contributed by atoms with van der Waals surface area (Å²) in [4.78, 5) is 23.8. The Balaban J connectivity index is 1.48. The Morgan fingerprint density at radius 1 is 1.05 bits per heavy atom. The van der Waals surface area contributed by atoms with Crippen molar-refractivity contribution in [2.45, 2.75) is 18.6 Å². The number of hydrazone groups is 1. The Hall–Kier alpha value is -4.08. The molecule has 0 saturated carbocycles. The Bertz CT molecular complexity index is 1220. The number of nitrogens with one attached hydrogen (secondary N) is 1. The highest BCUT2D eigenvalue weighted by Crippen LogP contribution is 2.31. The average molecular weight is 529 g/mol. The van der Waals surface area contributed by atoms with Crippen LogP contribution in [0.4, 0.5) is 37.1 Å². The molecule has 0 spiro atoms. The summed E-state index contributed by atoms with van der Waals surface area (Å²) in [5.74, 6) is 2.32. The average Bonchev–Trinajstić information content (AvgIpc) is 3.34. The summed E-state index contributed by atoms with van der Waals surface area (Å²) >= 11 is 0. The highest BCUT2D eigenvalue weighted by Gasteiger charge is 2.37. The highest BCUT2D eigenvalue weighted by atomic mass is 19.4. The van der Waals surface area contributed by atoms with E-state index in [1.54, 1.807) is 5.43 Å². The summed E-state index contributed by atoms with van der Waals surface area (Å²) in [5, 5.41) is 5.20. The van der Waals surface area contributed by atoms with Gasteiger partial charge in [0.2, 0.25) is 5.95 Å². The van der Waals surface area contributed by atoms with Crippen LogP contribution < -0.4 is 21.9 Å². The van der Waals surface area contributed by atoms with Crippen LogP contribution in [-0.4, -0.2) is 64.5 Å². The van der Waals surface area contributed by atoms with E-state index in [4.69, 9.17) is 11.6 Å². The van der Waals surface area contributed by atoms with Gasteiger partial charge in [-0.05, 0) is 17.7 Å². The van der Waals surface area contributed by atoms with Crippen molar-refractivity contribution in [3.8, 4) is 0 Å². The fourth-order valence-electron chi connectivity index (χ4n) is 3.99. The van der Waals surface area contributed by atoms with Crippen molar-refractivity contribution in [2.75, 3.05) is 31.1 Å². The molecule has 4 rings (SSSR count). The second kappa shape index (κ2) is 10.1. The van der Waals surface area contributed by atoms with Gasteiger partial charge in [0.25, 0.3) is 0 Å². The van der Waals surface area contributed by atoms with Gasteiger partial charge in [0.15, 0.2) is 5.82 Å². The molecule has 5 N–H and O–H groups in total. The van der Waals surface area contributed by atoms with Crippen LogP contribution in [0.3, 0.4) is 0 Å². The molecule has 0 radical (unpaired) electrons. The summed E-state index contributed by atoms with van der Waals surface area (Å²) < 4.78 is 80.8. The van der Waals surface area contributed by atoms with Crippen LogP contribution in [0.15, 0.2) is 35.2 Å². The van der Waals surface area contributed by atoms with Crippen LogP contribution in [0.5, 0.6) is 0 Å². The molecule has 10 nitrogen and oxygen atoms in total. The molecule has 2 aromatic rings. The number of hydrogen-bond donors (Lipinski definition) is 3. The van der Waals surface area contributed by atoms with Gasteiger partial charge in [0.1, 0.15) is 28.7 Å². The second-order valence-corrected chi connectivity index (χ2v) is 8.15. The van der Waals surface area contributed by atoms with Gasteiger partial charge < -0.3 is 21.0 Å². The SMILES string of the molecule is NN/C(=C(\N)C(F)(F)F)c1nc(N2CCN(C(=O)N3N=CCC3c3cc(F)cc(F)c3)CC2)ncc1F. The van der Waals surface area contributed by atoms with Crippen molar-refractivity contribution in [1.82, 2.24) is 25.3 Å². The summed E-state index contributed by atoms with van der Waals surface area (Å²) in [6.07, 6.45) is -2.55. The number of rotatable bonds is 4. The van der Waals surface area contributed by atoms with Crippen LogP contribution in [0, 0.1) is 17.5 Å². The van der Waals surface area contributed by atoms with Gasteiger partial charge in [-0.1, -0.05) is 0 Å². The Morgan fingerprint density at radius 3 is 2.30 bits per heavy atom. The number of urea groups is 1. The number of amides is 2. The first-order chi connectivity index (χ1) is 17.5. The Kier molecular flexibility index (Phi) is 7.11. The third-order valence-electron chi connectivity index (χ3n) is 5.82. The minimum Gasteiger partial charge on any atom is -0.393 e. The molecule has 2 aliphatic rings. The quantitative estimate of drug-likeness (QED) is 0.315. The lowest BCUT2D eigenvalue weighted by atomic mass is 10.0. The molecule has 0 bridgehead atoms. The molecule has 1 atom stereocenters. The topological polar surface area (TPSA) is 129 Å². The second-order valence-electron chi connectivity index (χ2n) is 8.15. The molecule has 3 heterocycles. The van der Waals surface area contributed by atoms with E-state index in [0.29, 0.717) is 6.20 Å². The van der Waals surface area contributed by atoms with Gasteiger partial charge in [0.05, 0.1) is 12.2 Å². The highest BCUT2D eigenvalue weighted by molar-refractivity contribution is 5.78. The van der Waals surface area contributed by atoms with Crippen molar-refractivity contribution in [2.24, 2.45) is 16.7 Å². The smallest absolute Gasteiger partial charge is 0.393 e. The monoisotopic (exact) mass is 529 g/mol. The third-order valence-corrected chi connectivity index (χ3v) is 5.82. The fraction of sp³-hybridized carbons (Fsp3) is 0.333. The molecule has 198 valence electrons. The van der Waals surface area contributed by atoms with Gasteiger partial charge in [0, 0.05) is 44.9 Å². The first kappa shape index (κ1) is 26.0. The maximum Gasteiger partial charge on any atom is 0.432 e. The zero-order valence-corrected chi connectivity index (χ0v) is 19.0. The van der Waals surface area contributed by atoms with Crippen molar-refractivity contribution in [3.63, 3.8) is 0 Å². The summed E-state index contributed by atoms with van der Waals surface area (Å²) in [6, 6.07) is 1.81. The van der Waals surface area contributed by atoms with E-state index >= 15 is 0 Å². The van der Waals surface area contributed by atoms with Crippen LogP contribution in [0.2, 0.25) is 0 Å². The number of aromatic nitrogens is 2. The van der Waals surface area contributed by atoms with Gasteiger partial charge in [-0.3, -0.25) is 5.84 Å². The lowest BCUT2D eigenvalue weighted by molar-refractivity contribution is -0.0923. The van der Waals surface area contributed by atoms with Crippen LogP contribution in [-0.2, 0) is 0 Å². The van der Waals surface area contributed by atoms with Crippen molar-refractivity contribution in [3.05, 3.63) is 58.8 Å². The Morgan fingerprint density at radius 2 is 1.70 bits per heavy atom. The lowest BCUT2D eigenvalue weighted by Crippen LogP contribution is -2.52. The van der Waals surface area contributed by atoms with E-state index in [1.807, 2.05) is 0 Å². The zero-order chi connectivity index (χ0) is 26.9. The van der Waals surface area contributed by atoms with Crippen LogP contribution in [0.1, 0.15) is 23.7 Å². The molecule has 1 aromatic carbocycles. The number of hydrogen-bond acceptors (Lipinski definition) is 8. The van der Waals surface area contributed by atoms with Gasteiger partial charge >= 0.3 is 12.2 Å². The number of anilines is 1. The van der Waals surface area contributed by atoms with Gasteiger partial charge in [-0.2, -0.15) is 18.3 Å². The molecule has 2 amide bonds. The number of hydrazine groups is 1. The number of benzene rings is 1. The number of allylic oxidation sites excluding steroid dienone is 1. The van der Waals surface area contributed by atoms with Crippen molar-refractivity contribution < 1.29 is 31.1 Å². The van der Waals surface area contributed by atoms with Crippen LogP contribution in [0.25, 0.3) is 5.70 Å². The van der Waals surface area contributed by atoms with E-state index in [-0.39, 0.29) is 44.1 Å². The van der Waals surface area contributed by atoms with E-state index in [0.717, 1.165) is 23.2 Å². The normalized spacial score (nSPS) is 18.8. The number of halogens is 6. The predicted octanol–water partition coefficient (Wildman–Crippen LogP) is 2.22. The first-order valence-corrected chi connectivity index (χ1v) is 10.9. The number of nitrogens with zero attached hydrogens (tertiary/aromatic N) is 6. The molecule has 16 heteroatoms. The summed E-state index contributed by atoms with van der Waals surface area (Å²) in [6.45, 7) is 0.566. The predicted molar refractivity (Wildman–Crippen MR) is 120 cm³/mol. The van der Waals surface area contributed by atoms with Gasteiger partial charge in [-0.25, -0.2) is 32.9 Å². The van der Waals surface area contributed by atoms with Crippen molar-refractivity contribution in [1.29, 1.82) is 0 Å². The first-order valence-electron chi connectivity index (χ1n) is 10.9. The van der Waals surface area contributed by atoms with E-state index < -0.39 is 52.8 Å². The minimum absolute atomic E-state index is 0.0986. The van der Waals surface area contributed by atoms with Gasteiger partial charge in [-0.15, -0.1) is 0 Å². The number of alkyl halides is 3. The van der Waals surface area contributed by atoms with E-state index in [2.05, 4.69) is 15.1 Å². The Labute approximate surface area is 206 Å². The number of nitrogens with two attached hydrogens (primary N) is 2. The number of carbonyl (C=O) groups excluding carboxylic acids is 1. The number of piperazine rings is 1. The molecule has 1 aromatic heterocycles. The largest absolute Gasteiger partial charge is 0.432 e. The lowest BCUT2D eigenvalue weighted by Gasteiger charge is -2.37. The fourth-order valence-corrected chi connectivity index (χ4v) is 3.99. The summed E-state index contributed by atoms with van der Waals surface area (Å²) in [7, 11) is 0. The van der Waals surface area contributed by atoms with E-state index in [9.17, 15) is 31.1 Å². The molecule has 0 aliphatic carbocycles. The molecule has 37 heavy (non-hydrogen) atoms. The standard InChI is InChI=1S/C21H21F6N9O/c22-12-7-11(8-13(23)9-12)15-1-2-31-36(15)20(37)35-5-3-34(4-6-35)19-30-10-14(24)16(32-19)17(33-29)18(28)21(25,26)27/h2,7-10,15,33H,1,3-6,28-29H2/b18-17-. The molecular weight excluding hydrogens is 508 g/mol. The maximum absolute atomic E-state index is 14.3. The minimum atomic E-state index is -4.99. The summed E-state index contributed by atoms with van der Waals surface area (Å²) in [5.41, 5.74) is 3.70. The maximum atomic E-state index is 14.3. The third kappa shape index (κ3) is 5.37.